The van der Waals surface area contributed by atoms with Gasteiger partial charge in [0.15, 0.2) is 0 Å². The maximum atomic E-state index is 13.8. The fraction of sp³-hybridized carbons (Fsp3) is 0. The first-order valence-electron chi connectivity index (χ1n) is 5.23. The molecule has 0 bridgehead atoms. The lowest BCUT2D eigenvalue weighted by Gasteiger charge is -2.04. The van der Waals surface area contributed by atoms with E-state index < -0.39 is 0 Å². The number of nitrogens with two attached hydrogens (primary N) is 1. The molecule has 3 aromatic rings. The molecule has 0 aliphatic heterocycles. The predicted molar refractivity (Wildman–Crippen MR) is 65.0 cm³/mol. The number of nitrogen functional groups attached to an aromatic ring is 1. The van der Waals surface area contributed by atoms with E-state index in [2.05, 4.69) is 4.98 Å². The molecule has 2 N–H and O–H groups in total. The van der Waals surface area contributed by atoms with Crippen molar-refractivity contribution in [2.45, 2.75) is 0 Å². The van der Waals surface area contributed by atoms with Crippen LogP contribution in [0, 0.1) is 5.82 Å². The molecular formula is C13H10FN3. The SMILES string of the molecule is Nc1ccc(-c2cnc3ccccn23)c(F)c1. The van der Waals surface area contributed by atoms with Gasteiger partial charge in [0.05, 0.1) is 11.9 Å². The molecule has 0 saturated carbocycles. The number of nitrogens with zero attached hydrogens (tertiary/aromatic N) is 2. The summed E-state index contributed by atoms with van der Waals surface area (Å²) < 4.78 is 15.7. The molecule has 2 aromatic heterocycles. The average molecular weight is 227 g/mol. The number of rotatable bonds is 1. The van der Waals surface area contributed by atoms with Gasteiger partial charge < -0.3 is 5.73 Å². The molecule has 84 valence electrons. The molecule has 0 fully saturated rings. The molecule has 17 heavy (non-hydrogen) atoms. The van der Waals surface area contributed by atoms with Crippen molar-refractivity contribution < 1.29 is 4.39 Å². The second kappa shape index (κ2) is 3.59. The van der Waals surface area contributed by atoms with Gasteiger partial charge in [-0.1, -0.05) is 6.07 Å². The van der Waals surface area contributed by atoms with Gasteiger partial charge in [-0.25, -0.2) is 9.37 Å². The van der Waals surface area contributed by atoms with Crippen molar-refractivity contribution in [3.63, 3.8) is 0 Å². The molecule has 3 rings (SSSR count). The van der Waals surface area contributed by atoms with E-state index in [0.29, 0.717) is 11.3 Å². The monoisotopic (exact) mass is 227 g/mol. The van der Waals surface area contributed by atoms with E-state index in [1.54, 1.807) is 18.3 Å². The second-order valence-corrected chi connectivity index (χ2v) is 3.81. The number of hydrogen-bond acceptors (Lipinski definition) is 2. The quantitative estimate of drug-likeness (QED) is 0.649. The van der Waals surface area contributed by atoms with Crippen LogP contribution in [-0.2, 0) is 0 Å². The maximum absolute atomic E-state index is 13.8. The minimum atomic E-state index is -0.337. The summed E-state index contributed by atoms with van der Waals surface area (Å²) in [6.07, 6.45) is 3.51. The van der Waals surface area contributed by atoms with Crippen LogP contribution in [0.4, 0.5) is 10.1 Å². The first kappa shape index (κ1) is 9.84. The lowest BCUT2D eigenvalue weighted by molar-refractivity contribution is 0.631. The third-order valence-electron chi connectivity index (χ3n) is 2.69. The third-order valence-corrected chi connectivity index (χ3v) is 2.69. The van der Waals surface area contributed by atoms with Crippen LogP contribution in [0.5, 0.6) is 0 Å². The van der Waals surface area contributed by atoms with Crippen molar-refractivity contribution in [3.05, 3.63) is 54.6 Å². The summed E-state index contributed by atoms with van der Waals surface area (Å²) >= 11 is 0. The Labute approximate surface area is 97.3 Å². The van der Waals surface area contributed by atoms with E-state index in [4.69, 9.17) is 5.73 Å². The van der Waals surface area contributed by atoms with Gasteiger partial charge in [0.1, 0.15) is 11.5 Å². The Kier molecular flexibility index (Phi) is 2.08. The molecule has 0 amide bonds. The van der Waals surface area contributed by atoms with Gasteiger partial charge in [0.2, 0.25) is 0 Å². The largest absolute Gasteiger partial charge is 0.399 e. The number of fused-ring (bicyclic) bond motifs is 1. The van der Waals surface area contributed by atoms with Gasteiger partial charge >= 0.3 is 0 Å². The Balaban J connectivity index is 2.27. The maximum Gasteiger partial charge on any atom is 0.137 e. The van der Waals surface area contributed by atoms with Crippen LogP contribution in [0.3, 0.4) is 0 Å². The van der Waals surface area contributed by atoms with Crippen molar-refractivity contribution in [1.82, 2.24) is 9.38 Å². The number of hydrogen-bond donors (Lipinski definition) is 1. The van der Waals surface area contributed by atoms with E-state index in [0.717, 1.165) is 11.3 Å². The molecule has 0 aliphatic rings. The van der Waals surface area contributed by atoms with Crippen molar-refractivity contribution >= 4 is 11.3 Å². The Hall–Kier alpha value is -2.36. The van der Waals surface area contributed by atoms with E-state index in [-0.39, 0.29) is 5.82 Å². The van der Waals surface area contributed by atoms with Crippen molar-refractivity contribution in [2.24, 2.45) is 0 Å². The Morgan fingerprint density at radius 2 is 2.06 bits per heavy atom. The zero-order valence-corrected chi connectivity index (χ0v) is 8.97. The van der Waals surface area contributed by atoms with Crippen LogP contribution in [0.2, 0.25) is 0 Å². The van der Waals surface area contributed by atoms with Gasteiger partial charge in [0.25, 0.3) is 0 Å². The zero-order chi connectivity index (χ0) is 11.8. The first-order chi connectivity index (χ1) is 8.25. The van der Waals surface area contributed by atoms with Gasteiger partial charge in [-0.2, -0.15) is 0 Å². The summed E-state index contributed by atoms with van der Waals surface area (Å²) in [7, 11) is 0. The average Bonchev–Trinajstić information content (AvgIpc) is 2.73. The lowest BCUT2D eigenvalue weighted by Crippen LogP contribution is -1.92. The minimum Gasteiger partial charge on any atom is -0.399 e. The van der Waals surface area contributed by atoms with Crippen LogP contribution in [0.1, 0.15) is 0 Å². The molecule has 3 nitrogen and oxygen atoms in total. The first-order valence-corrected chi connectivity index (χ1v) is 5.23. The Morgan fingerprint density at radius 1 is 1.18 bits per heavy atom. The van der Waals surface area contributed by atoms with Crippen LogP contribution in [0.15, 0.2) is 48.8 Å². The summed E-state index contributed by atoms with van der Waals surface area (Å²) in [6.45, 7) is 0. The summed E-state index contributed by atoms with van der Waals surface area (Å²) in [5.74, 6) is -0.337. The summed E-state index contributed by atoms with van der Waals surface area (Å²) in [5, 5.41) is 0. The number of imidazole rings is 1. The molecular weight excluding hydrogens is 217 g/mol. The van der Waals surface area contributed by atoms with E-state index in [9.17, 15) is 4.39 Å². The highest BCUT2D eigenvalue weighted by atomic mass is 19.1. The number of halogens is 1. The highest BCUT2D eigenvalue weighted by molar-refractivity contribution is 5.66. The van der Waals surface area contributed by atoms with E-state index in [1.165, 1.54) is 6.07 Å². The summed E-state index contributed by atoms with van der Waals surface area (Å²) in [4.78, 5) is 4.22. The van der Waals surface area contributed by atoms with Crippen LogP contribution in [-0.4, -0.2) is 9.38 Å². The molecule has 4 heteroatoms. The van der Waals surface area contributed by atoms with Crippen molar-refractivity contribution in [3.8, 4) is 11.3 Å². The van der Waals surface area contributed by atoms with Crippen molar-refractivity contribution in [2.75, 3.05) is 5.73 Å². The van der Waals surface area contributed by atoms with E-state index in [1.807, 2.05) is 28.8 Å². The standard InChI is InChI=1S/C13H10FN3/c14-11-7-9(15)4-5-10(11)12-8-16-13-3-1-2-6-17(12)13/h1-8H,15H2. The minimum absolute atomic E-state index is 0.337. The lowest BCUT2D eigenvalue weighted by atomic mass is 10.1. The molecule has 0 spiro atoms. The Bertz CT molecular complexity index is 688. The fourth-order valence-electron chi connectivity index (χ4n) is 1.87. The highest BCUT2D eigenvalue weighted by Gasteiger charge is 2.09. The topological polar surface area (TPSA) is 43.3 Å². The molecule has 1 aromatic carbocycles. The number of aromatic nitrogens is 2. The van der Waals surface area contributed by atoms with Crippen LogP contribution >= 0.6 is 0 Å². The van der Waals surface area contributed by atoms with Gasteiger partial charge in [0, 0.05) is 17.4 Å². The Morgan fingerprint density at radius 3 is 2.88 bits per heavy atom. The number of benzene rings is 1. The van der Waals surface area contributed by atoms with Gasteiger partial charge in [-0.05, 0) is 30.3 Å². The smallest absolute Gasteiger partial charge is 0.137 e. The zero-order valence-electron chi connectivity index (χ0n) is 8.97. The third kappa shape index (κ3) is 1.54. The van der Waals surface area contributed by atoms with Gasteiger partial charge in [-0.3, -0.25) is 4.40 Å². The van der Waals surface area contributed by atoms with E-state index >= 15 is 0 Å². The molecule has 0 radical (unpaired) electrons. The van der Waals surface area contributed by atoms with Crippen LogP contribution in [0.25, 0.3) is 16.9 Å². The van der Waals surface area contributed by atoms with Crippen LogP contribution < -0.4 is 5.73 Å². The number of anilines is 1. The molecule has 0 saturated heterocycles. The predicted octanol–water partition coefficient (Wildman–Crippen LogP) is 2.72. The molecule has 0 aliphatic carbocycles. The summed E-state index contributed by atoms with van der Waals surface area (Å²) in [6, 6.07) is 10.3. The van der Waals surface area contributed by atoms with Crippen molar-refractivity contribution in [1.29, 1.82) is 0 Å². The highest BCUT2D eigenvalue weighted by Crippen LogP contribution is 2.25. The molecule has 0 atom stereocenters. The molecule has 2 heterocycles. The summed E-state index contributed by atoms with van der Waals surface area (Å²) in [5.41, 5.74) is 7.96. The van der Waals surface area contributed by atoms with Gasteiger partial charge in [-0.15, -0.1) is 0 Å². The second-order valence-electron chi connectivity index (χ2n) is 3.81. The molecule has 0 unspecified atom stereocenters. The fourth-order valence-corrected chi connectivity index (χ4v) is 1.87. The normalized spacial score (nSPS) is 10.9. The number of pyridine rings is 1.